The lowest BCUT2D eigenvalue weighted by Crippen LogP contribution is -2.42. The van der Waals surface area contributed by atoms with Gasteiger partial charge in [0.1, 0.15) is 25.7 Å². The molecule has 11 heavy (non-hydrogen) atoms. The lowest BCUT2D eigenvalue weighted by molar-refractivity contribution is -0.103. The third-order valence-corrected chi connectivity index (χ3v) is 3.77. The van der Waals surface area contributed by atoms with Gasteiger partial charge in [0, 0.05) is 4.43 Å². The number of hydrogen-bond acceptors (Lipinski definition) is 3. The second kappa shape index (κ2) is 2.58. The van der Waals surface area contributed by atoms with Crippen molar-refractivity contribution in [3.63, 3.8) is 0 Å². The van der Waals surface area contributed by atoms with Crippen LogP contribution in [0.5, 0.6) is 0 Å². The van der Waals surface area contributed by atoms with E-state index < -0.39 is 11.7 Å². The van der Waals surface area contributed by atoms with Crippen molar-refractivity contribution in [3.8, 4) is 0 Å². The van der Waals surface area contributed by atoms with Crippen molar-refractivity contribution in [1.29, 1.82) is 0 Å². The standard InChI is InChI=1S/C6H10BIO3/c7-5-3-4(9)6(1-8,11-5)2-10-3/h3-5,9H,1-2,7H2/t3?,4?,5-,6+/m1/s1. The van der Waals surface area contributed by atoms with Gasteiger partial charge >= 0.3 is 0 Å². The molecule has 3 nitrogen and oxygen atoms in total. The molecule has 0 aromatic heterocycles. The summed E-state index contributed by atoms with van der Waals surface area (Å²) in [7, 11) is 1.95. The predicted molar refractivity (Wildman–Crippen MR) is 50.8 cm³/mol. The number of hydrogen-bond donors (Lipinski definition) is 1. The van der Waals surface area contributed by atoms with Crippen LogP contribution in [0.2, 0.25) is 0 Å². The highest BCUT2D eigenvalue weighted by Gasteiger charge is 2.58. The maximum absolute atomic E-state index is 9.69. The maximum Gasteiger partial charge on any atom is 0.142 e. The Balaban J connectivity index is 2.24. The van der Waals surface area contributed by atoms with Crippen molar-refractivity contribution in [3.05, 3.63) is 0 Å². The van der Waals surface area contributed by atoms with Crippen molar-refractivity contribution in [2.45, 2.75) is 23.8 Å². The van der Waals surface area contributed by atoms with E-state index in [1.165, 1.54) is 0 Å². The summed E-state index contributed by atoms with van der Waals surface area (Å²) >= 11 is 2.23. The summed E-state index contributed by atoms with van der Waals surface area (Å²) in [6.07, 6.45) is -0.515. The molecule has 0 aliphatic carbocycles. The molecule has 0 radical (unpaired) electrons. The third-order valence-electron chi connectivity index (χ3n) is 2.48. The minimum absolute atomic E-state index is 0.0496. The Morgan fingerprint density at radius 2 is 2.45 bits per heavy atom. The van der Waals surface area contributed by atoms with E-state index >= 15 is 0 Å². The summed E-state index contributed by atoms with van der Waals surface area (Å²) in [5.41, 5.74) is -0.398. The van der Waals surface area contributed by atoms with Crippen molar-refractivity contribution in [2.24, 2.45) is 0 Å². The average Bonchev–Trinajstić information content (AvgIpc) is 2.42. The van der Waals surface area contributed by atoms with Gasteiger partial charge in [0.15, 0.2) is 0 Å². The van der Waals surface area contributed by atoms with Gasteiger partial charge in [0.05, 0.1) is 12.6 Å². The lowest BCUT2D eigenvalue weighted by Gasteiger charge is -2.27. The van der Waals surface area contributed by atoms with E-state index in [9.17, 15) is 5.11 Å². The van der Waals surface area contributed by atoms with Crippen LogP contribution < -0.4 is 0 Å². The Bertz CT molecular complexity index is 179. The van der Waals surface area contributed by atoms with E-state index in [1.807, 2.05) is 7.85 Å². The molecule has 0 saturated carbocycles. The third kappa shape index (κ3) is 0.977. The number of rotatable bonds is 1. The fraction of sp³-hybridized carbons (Fsp3) is 1.00. The van der Waals surface area contributed by atoms with Gasteiger partial charge in [-0.05, 0) is 0 Å². The van der Waals surface area contributed by atoms with E-state index in [0.717, 1.165) is 4.43 Å². The Labute approximate surface area is 80.0 Å². The van der Waals surface area contributed by atoms with E-state index in [1.54, 1.807) is 0 Å². The molecule has 0 aromatic rings. The first kappa shape index (κ1) is 8.28. The number of aliphatic hydroxyl groups is 1. The smallest absolute Gasteiger partial charge is 0.142 e. The minimum atomic E-state index is -0.422. The molecule has 0 aromatic carbocycles. The monoisotopic (exact) mass is 268 g/mol. The van der Waals surface area contributed by atoms with Crippen molar-refractivity contribution in [1.82, 2.24) is 0 Å². The summed E-state index contributed by atoms with van der Waals surface area (Å²) < 4.78 is 11.8. The van der Waals surface area contributed by atoms with Crippen LogP contribution in [0.15, 0.2) is 0 Å². The Hall–Kier alpha value is 0.675. The first-order valence-electron chi connectivity index (χ1n) is 3.73. The highest BCUT2D eigenvalue weighted by Crippen LogP contribution is 2.39. The highest BCUT2D eigenvalue weighted by molar-refractivity contribution is 14.1. The van der Waals surface area contributed by atoms with Gasteiger partial charge in [-0.3, -0.25) is 0 Å². The molecule has 2 bridgehead atoms. The topological polar surface area (TPSA) is 38.7 Å². The molecule has 2 unspecified atom stereocenters. The number of aliphatic hydroxyl groups excluding tert-OH is 1. The van der Waals surface area contributed by atoms with Crippen LogP contribution in [0.25, 0.3) is 0 Å². The van der Waals surface area contributed by atoms with Crippen LogP contribution in [0.4, 0.5) is 0 Å². The first-order valence-corrected chi connectivity index (χ1v) is 5.26. The fourth-order valence-electron chi connectivity index (χ4n) is 1.80. The molecule has 5 heteroatoms. The summed E-state index contributed by atoms with van der Waals surface area (Å²) in [6, 6.07) is 0.0496. The molecule has 1 N–H and O–H groups in total. The van der Waals surface area contributed by atoms with Crippen molar-refractivity contribution >= 4 is 30.4 Å². The second-order valence-corrected chi connectivity index (χ2v) is 4.00. The molecule has 2 aliphatic rings. The van der Waals surface area contributed by atoms with Crippen LogP contribution >= 0.6 is 22.6 Å². The van der Waals surface area contributed by atoms with Crippen molar-refractivity contribution in [2.75, 3.05) is 11.0 Å². The number of alkyl halides is 1. The fourth-order valence-corrected chi connectivity index (χ4v) is 2.65. The normalized spacial score (nSPS) is 55.3. The van der Waals surface area contributed by atoms with Gasteiger partial charge in [0.25, 0.3) is 0 Å². The molecule has 2 saturated heterocycles. The van der Waals surface area contributed by atoms with Gasteiger partial charge in [-0.1, -0.05) is 22.6 Å². The molecule has 2 aliphatic heterocycles. The number of fused-ring (bicyclic) bond motifs is 2. The largest absolute Gasteiger partial charge is 0.387 e. The van der Waals surface area contributed by atoms with Crippen LogP contribution in [-0.4, -0.2) is 47.8 Å². The van der Waals surface area contributed by atoms with Gasteiger partial charge < -0.3 is 14.6 Å². The molecular formula is C6H10BIO3. The second-order valence-electron chi connectivity index (χ2n) is 3.24. The molecule has 2 fully saturated rings. The maximum atomic E-state index is 9.69. The van der Waals surface area contributed by atoms with E-state index in [-0.39, 0.29) is 12.1 Å². The molecule has 4 atom stereocenters. The Morgan fingerprint density at radius 1 is 1.73 bits per heavy atom. The summed E-state index contributed by atoms with van der Waals surface area (Å²) in [5, 5.41) is 9.69. The van der Waals surface area contributed by atoms with E-state index in [4.69, 9.17) is 9.47 Å². The molecule has 2 rings (SSSR count). The summed E-state index contributed by atoms with van der Waals surface area (Å²) in [6.45, 7) is 0.548. The summed E-state index contributed by atoms with van der Waals surface area (Å²) in [5.74, 6) is 0. The predicted octanol–water partition coefficient (Wildman–Crippen LogP) is -1.09. The molecular weight excluding hydrogens is 258 g/mol. The zero-order chi connectivity index (χ0) is 8.06. The SMILES string of the molecule is B[C@@H]1O[C@@]2(CI)COC1C2O. The summed E-state index contributed by atoms with van der Waals surface area (Å²) in [4.78, 5) is 0. The molecule has 0 spiro atoms. The van der Waals surface area contributed by atoms with Gasteiger partial charge in [-0.2, -0.15) is 0 Å². The Morgan fingerprint density at radius 3 is 2.73 bits per heavy atom. The number of ether oxygens (including phenoxy) is 2. The van der Waals surface area contributed by atoms with Crippen molar-refractivity contribution < 1.29 is 14.6 Å². The minimum Gasteiger partial charge on any atom is -0.387 e. The van der Waals surface area contributed by atoms with Gasteiger partial charge in [-0.15, -0.1) is 0 Å². The Kier molecular flexibility index (Phi) is 1.94. The van der Waals surface area contributed by atoms with Crippen LogP contribution in [0, 0.1) is 0 Å². The molecule has 2 heterocycles. The highest BCUT2D eigenvalue weighted by atomic mass is 127. The van der Waals surface area contributed by atoms with Gasteiger partial charge in [0.2, 0.25) is 0 Å². The lowest BCUT2D eigenvalue weighted by atomic mass is 9.92. The van der Waals surface area contributed by atoms with Crippen LogP contribution in [0.1, 0.15) is 0 Å². The quantitative estimate of drug-likeness (QED) is 0.373. The van der Waals surface area contributed by atoms with E-state index in [2.05, 4.69) is 22.6 Å². The zero-order valence-corrected chi connectivity index (χ0v) is 8.45. The first-order chi connectivity index (χ1) is 5.19. The van der Waals surface area contributed by atoms with Gasteiger partial charge in [-0.25, -0.2) is 0 Å². The van der Waals surface area contributed by atoms with Crippen LogP contribution in [-0.2, 0) is 9.47 Å². The van der Waals surface area contributed by atoms with E-state index in [0.29, 0.717) is 6.61 Å². The average molecular weight is 268 g/mol. The zero-order valence-electron chi connectivity index (χ0n) is 6.29. The molecule has 62 valence electrons. The van der Waals surface area contributed by atoms with Crippen LogP contribution in [0.3, 0.4) is 0 Å². The molecule has 0 amide bonds. The number of halogens is 1.